The maximum absolute atomic E-state index is 13.6. The number of aromatic nitrogens is 2. The van der Waals surface area contributed by atoms with Gasteiger partial charge in [-0.3, -0.25) is 19.8 Å². The Hall–Kier alpha value is -6.75. The van der Waals surface area contributed by atoms with Crippen molar-refractivity contribution in [1.82, 2.24) is 25.4 Å². The van der Waals surface area contributed by atoms with Crippen LogP contribution in [0.15, 0.2) is 77.2 Å². The van der Waals surface area contributed by atoms with Crippen molar-refractivity contribution in [3.8, 4) is 23.6 Å². The van der Waals surface area contributed by atoms with Crippen LogP contribution in [0.5, 0.6) is 0 Å². The van der Waals surface area contributed by atoms with E-state index >= 15 is 0 Å². The number of aryl methyl sites for hydroxylation is 3. The van der Waals surface area contributed by atoms with Crippen molar-refractivity contribution in [2.75, 3.05) is 46.0 Å². The van der Waals surface area contributed by atoms with E-state index in [0.717, 1.165) is 92.3 Å². The van der Waals surface area contributed by atoms with Crippen molar-refractivity contribution in [2.24, 2.45) is 5.84 Å². The zero-order chi connectivity index (χ0) is 55.1. The first-order valence-corrected chi connectivity index (χ1v) is 28.0. The number of nitriles is 2. The van der Waals surface area contributed by atoms with Crippen molar-refractivity contribution in [2.45, 2.75) is 163 Å². The molecule has 1 aromatic heterocycles. The quantitative estimate of drug-likeness (QED) is 0.0409. The molecule has 416 valence electrons. The van der Waals surface area contributed by atoms with Crippen LogP contribution in [-0.4, -0.2) is 89.7 Å². The van der Waals surface area contributed by atoms with E-state index in [1.807, 2.05) is 119 Å². The Morgan fingerprint density at radius 1 is 0.628 bits per heavy atom. The molecule has 78 heavy (non-hydrogen) atoms. The fraction of sp³-hybridized carbons (Fsp3) is 0.508. The Labute approximate surface area is 462 Å². The van der Waals surface area contributed by atoms with Gasteiger partial charge in [-0.05, 0) is 179 Å². The molecule has 3 N–H and O–H groups in total. The summed E-state index contributed by atoms with van der Waals surface area (Å²) in [6, 6.07) is 27.8. The lowest BCUT2D eigenvalue weighted by Crippen LogP contribution is -2.38. The maximum Gasteiger partial charge on any atom is 0.282 e. The first-order chi connectivity index (χ1) is 37.3. The lowest BCUT2D eigenvalue weighted by Gasteiger charge is -2.33. The monoisotopic (exact) mass is 1060 g/mol. The highest BCUT2D eigenvalue weighted by atomic mass is 16.9. The second-order valence-electron chi connectivity index (χ2n) is 20.5. The van der Waals surface area contributed by atoms with Gasteiger partial charge in [-0.25, -0.2) is 5.84 Å². The smallest absolute Gasteiger partial charge is 0.282 e. The van der Waals surface area contributed by atoms with Gasteiger partial charge in [0.1, 0.15) is 0 Å². The standard InChI is InChI=1S/C28H30N4O2.C25H28N4O2.C9H20O3.CH4/c1-3-26-30-31-27(34-26)25-16-23(18(2)15-24(25)22-5-4-6-22)28(33)32-13-11-21(12-14-32)20-9-7-19(17-29)8-10-20;1-16-13-22(20-3-2-4-20)23(24(30)28-27)14-21(16)25(31)29-11-9-19(10-12-29)18-7-5-17(15-26)6-8-18;1-5-9(10-6-2,11-7-3)12-8-4;/h7-10,15-16,21-22H,3-6,11-14H2,1-2H3;5-8,13-14,19-20H,2-4,9-12,27H2,1H3,(H,28,30);5-8H2,1-4H3;1H4. The molecule has 2 aliphatic carbocycles. The molecule has 0 bridgehead atoms. The number of nitrogens with two attached hydrogens (primary N) is 1. The third kappa shape index (κ3) is 14.5. The number of rotatable bonds is 16. The highest BCUT2D eigenvalue weighted by molar-refractivity contribution is 6.01. The largest absolute Gasteiger partial charge is 0.421 e. The molecular weight excluding hydrogens is 981 g/mol. The van der Waals surface area contributed by atoms with Gasteiger partial charge in [0.25, 0.3) is 23.7 Å². The number of likely N-dealkylation sites (tertiary alicyclic amines) is 2. The van der Waals surface area contributed by atoms with Crippen LogP contribution in [0.2, 0.25) is 0 Å². The van der Waals surface area contributed by atoms with Gasteiger partial charge < -0.3 is 28.4 Å². The Kier molecular flexibility index (Phi) is 22.3. The summed E-state index contributed by atoms with van der Waals surface area (Å²) in [4.78, 5) is 43.1. The number of ether oxygens (including phenoxy) is 3. The number of benzene rings is 4. The van der Waals surface area contributed by atoms with Gasteiger partial charge in [0, 0.05) is 81.1 Å². The van der Waals surface area contributed by atoms with E-state index in [0.29, 0.717) is 103 Å². The number of nitrogen functional groups attached to an aromatic ring is 1. The molecule has 4 aliphatic rings. The van der Waals surface area contributed by atoms with E-state index in [4.69, 9.17) is 35.0 Å². The average molecular weight is 1060 g/mol. The second kappa shape index (κ2) is 28.7. The van der Waals surface area contributed by atoms with Gasteiger partial charge in [0.2, 0.25) is 11.8 Å². The molecule has 9 rings (SSSR count). The zero-order valence-corrected chi connectivity index (χ0v) is 46.3. The molecule has 5 aromatic rings. The Morgan fingerprint density at radius 3 is 1.44 bits per heavy atom. The predicted molar refractivity (Wildman–Crippen MR) is 303 cm³/mol. The SMILES string of the molecule is C.CCOC(CC)(OCC)OCC.CCc1nnc(-c2cc(C(=O)N3CCC(c4ccc(C#N)cc4)CC3)c(C)cc2C2CCC2)o1.Cc1cc(C2CCC2)c(C(=O)NN)cc1C(=O)N1CCC(c2ccc(C#N)cc2)CC1. The second-order valence-corrected chi connectivity index (χ2v) is 20.5. The fourth-order valence-corrected chi connectivity index (χ4v) is 10.9. The minimum Gasteiger partial charge on any atom is -0.421 e. The number of hydrazine groups is 1. The summed E-state index contributed by atoms with van der Waals surface area (Å²) in [5.41, 5.74) is 12.9. The van der Waals surface area contributed by atoms with Crippen LogP contribution in [-0.2, 0) is 20.6 Å². The molecule has 3 amide bonds. The van der Waals surface area contributed by atoms with E-state index < -0.39 is 5.97 Å². The average Bonchev–Trinajstić information content (AvgIpc) is 3.97. The third-order valence-corrected chi connectivity index (χ3v) is 15.8. The van der Waals surface area contributed by atoms with Crippen LogP contribution < -0.4 is 11.3 Å². The van der Waals surface area contributed by atoms with Crippen LogP contribution in [0.25, 0.3) is 11.5 Å². The van der Waals surface area contributed by atoms with E-state index in [1.54, 1.807) is 6.07 Å². The van der Waals surface area contributed by atoms with E-state index in [9.17, 15) is 14.4 Å². The van der Waals surface area contributed by atoms with Crippen LogP contribution in [0, 0.1) is 36.5 Å². The van der Waals surface area contributed by atoms with Crippen molar-refractivity contribution in [1.29, 1.82) is 10.5 Å². The predicted octanol–water partition coefficient (Wildman–Crippen LogP) is 12.3. The minimum absolute atomic E-state index is 0. The molecule has 4 aromatic carbocycles. The van der Waals surface area contributed by atoms with Gasteiger partial charge in [-0.1, -0.05) is 70.5 Å². The normalized spacial score (nSPS) is 15.9. The molecule has 0 radical (unpaired) electrons. The molecule has 0 spiro atoms. The summed E-state index contributed by atoms with van der Waals surface area (Å²) in [7, 11) is 0. The molecule has 0 atom stereocenters. The van der Waals surface area contributed by atoms with Crippen LogP contribution in [0.4, 0.5) is 0 Å². The summed E-state index contributed by atoms with van der Waals surface area (Å²) >= 11 is 0. The lowest BCUT2D eigenvalue weighted by atomic mass is 9.77. The molecule has 15 heteroatoms. The molecule has 2 saturated heterocycles. The number of amides is 3. The summed E-state index contributed by atoms with van der Waals surface area (Å²) < 4.78 is 22.2. The van der Waals surface area contributed by atoms with E-state index in [2.05, 4.69) is 33.8 Å². The summed E-state index contributed by atoms with van der Waals surface area (Å²) in [5.74, 6) is 7.14. The number of carbonyl (C=O) groups excluding carboxylic acids is 3. The first kappa shape index (κ1) is 60.5. The molecule has 15 nitrogen and oxygen atoms in total. The van der Waals surface area contributed by atoms with Crippen LogP contribution in [0.1, 0.15) is 218 Å². The summed E-state index contributed by atoms with van der Waals surface area (Å²) in [6.45, 7) is 18.4. The number of piperidine rings is 2. The minimum atomic E-state index is -0.807. The van der Waals surface area contributed by atoms with Crippen LogP contribution >= 0.6 is 0 Å². The van der Waals surface area contributed by atoms with Gasteiger partial charge in [-0.2, -0.15) is 10.5 Å². The van der Waals surface area contributed by atoms with Crippen molar-refractivity contribution >= 4 is 17.7 Å². The summed E-state index contributed by atoms with van der Waals surface area (Å²) in [6.07, 6.45) is 11.9. The van der Waals surface area contributed by atoms with Gasteiger partial charge in [0.05, 0.1) is 23.3 Å². The third-order valence-electron chi connectivity index (χ3n) is 15.8. The molecule has 3 heterocycles. The van der Waals surface area contributed by atoms with Crippen molar-refractivity contribution in [3.05, 3.63) is 140 Å². The summed E-state index contributed by atoms with van der Waals surface area (Å²) in [5, 5.41) is 26.5. The highest BCUT2D eigenvalue weighted by Gasteiger charge is 2.33. The maximum atomic E-state index is 13.6. The Bertz CT molecular complexity index is 2850. The van der Waals surface area contributed by atoms with Gasteiger partial charge in [-0.15, -0.1) is 10.2 Å². The zero-order valence-electron chi connectivity index (χ0n) is 46.3. The highest BCUT2D eigenvalue weighted by Crippen LogP contribution is 2.43. The van der Waals surface area contributed by atoms with Crippen molar-refractivity contribution < 1.29 is 33.0 Å². The molecule has 0 unspecified atom stereocenters. The number of hydrogen-bond donors (Lipinski definition) is 2. The van der Waals surface area contributed by atoms with E-state index in [-0.39, 0.29) is 25.1 Å². The Balaban J connectivity index is 0.000000208. The topological polar surface area (TPSA) is 210 Å². The number of nitrogens with zero attached hydrogens (tertiary/aromatic N) is 6. The number of carbonyl (C=O) groups is 3. The molecular formula is C63H82N8O7. The molecule has 2 saturated carbocycles. The molecule has 2 aliphatic heterocycles. The van der Waals surface area contributed by atoms with Gasteiger partial charge in [0.15, 0.2) is 0 Å². The Morgan fingerprint density at radius 2 is 1.06 bits per heavy atom. The number of nitrogens with one attached hydrogen (secondary N) is 1. The van der Waals surface area contributed by atoms with Crippen molar-refractivity contribution in [3.63, 3.8) is 0 Å². The molecule has 4 fully saturated rings. The fourth-order valence-electron chi connectivity index (χ4n) is 10.9. The van der Waals surface area contributed by atoms with E-state index in [1.165, 1.54) is 29.5 Å². The lowest BCUT2D eigenvalue weighted by molar-refractivity contribution is -0.377. The van der Waals surface area contributed by atoms with Gasteiger partial charge >= 0.3 is 0 Å². The number of hydrogen-bond acceptors (Lipinski definition) is 12. The first-order valence-electron chi connectivity index (χ1n) is 28.0. The van der Waals surface area contributed by atoms with Crippen LogP contribution in [0.3, 0.4) is 0 Å².